The van der Waals surface area contributed by atoms with Crippen molar-refractivity contribution in [1.29, 1.82) is 0 Å². The monoisotopic (exact) mass is 537 g/mol. The molecular formula is C40H27NO. The highest BCUT2D eigenvalue weighted by Crippen LogP contribution is 2.47. The molecule has 42 heavy (non-hydrogen) atoms. The summed E-state index contributed by atoms with van der Waals surface area (Å²) in [6.45, 7) is 0. The van der Waals surface area contributed by atoms with Crippen LogP contribution in [0.15, 0.2) is 140 Å². The molecule has 1 aliphatic carbocycles. The molecule has 9 rings (SSSR count). The van der Waals surface area contributed by atoms with E-state index in [2.05, 4.69) is 144 Å². The van der Waals surface area contributed by atoms with Gasteiger partial charge in [-0.25, -0.2) is 0 Å². The van der Waals surface area contributed by atoms with Crippen molar-refractivity contribution in [2.24, 2.45) is 0 Å². The fraction of sp³-hybridized carbons (Fsp3) is 0.0500. The molecule has 0 spiro atoms. The third kappa shape index (κ3) is 3.52. The van der Waals surface area contributed by atoms with Crippen LogP contribution in [0.1, 0.15) is 12.8 Å². The zero-order chi connectivity index (χ0) is 27.6. The first-order valence-electron chi connectivity index (χ1n) is 14.7. The van der Waals surface area contributed by atoms with E-state index in [1.807, 2.05) is 0 Å². The number of rotatable bonds is 3. The Morgan fingerprint density at radius 2 is 1.26 bits per heavy atom. The Bertz CT molecular complexity index is 2260. The van der Waals surface area contributed by atoms with Crippen LogP contribution in [-0.2, 0) is 0 Å². The second kappa shape index (κ2) is 9.09. The van der Waals surface area contributed by atoms with Crippen LogP contribution in [0, 0.1) is 0 Å². The molecule has 0 saturated heterocycles. The number of hydrogen-bond acceptors (Lipinski definition) is 1. The molecule has 2 aliphatic rings. The van der Waals surface area contributed by atoms with Crippen molar-refractivity contribution in [2.45, 2.75) is 12.8 Å². The van der Waals surface area contributed by atoms with E-state index in [0.717, 1.165) is 29.9 Å². The molecule has 2 heterocycles. The summed E-state index contributed by atoms with van der Waals surface area (Å²) in [5.41, 5.74) is 11.0. The third-order valence-corrected chi connectivity index (χ3v) is 8.81. The van der Waals surface area contributed by atoms with E-state index >= 15 is 0 Å². The molecule has 7 aromatic rings. The standard InChI is InChI=1S/C40H27NO/c1-2-10-31(11-3-1)41-36-14-5-4-12-32(36)34-24-29(20-22-37(34)41)26-16-18-27(19-17-26)30-21-23-38-35(25-30)33-13-6-8-28-9-7-15-39(42-38)40(28)33/h2,4-25H,1,3H2. The highest BCUT2D eigenvalue weighted by Gasteiger charge is 2.20. The minimum atomic E-state index is 0.911. The molecule has 0 unspecified atom stereocenters. The lowest BCUT2D eigenvalue weighted by atomic mass is 9.92. The maximum Gasteiger partial charge on any atom is 0.135 e. The number of benzene rings is 6. The fourth-order valence-corrected chi connectivity index (χ4v) is 6.79. The second-order valence-corrected chi connectivity index (χ2v) is 11.2. The SMILES string of the molecule is C1=CC(n2c3ccccc3c3cc(-c4ccc(-c5ccc6c(c5)-c5cccc7cccc(c57)O6)cc4)ccc32)=CCC1. The van der Waals surface area contributed by atoms with Gasteiger partial charge in [0, 0.05) is 27.4 Å². The molecule has 0 N–H and O–H groups in total. The van der Waals surface area contributed by atoms with E-state index in [4.69, 9.17) is 4.74 Å². The molecule has 0 atom stereocenters. The number of nitrogens with zero attached hydrogens (tertiary/aromatic N) is 1. The number of aromatic nitrogens is 1. The lowest BCUT2D eigenvalue weighted by Gasteiger charge is -2.22. The van der Waals surface area contributed by atoms with Crippen LogP contribution in [0.25, 0.3) is 71.7 Å². The number of ether oxygens (including phenoxy) is 1. The third-order valence-electron chi connectivity index (χ3n) is 8.81. The molecule has 2 heteroatoms. The van der Waals surface area contributed by atoms with Crippen molar-refractivity contribution >= 4 is 38.3 Å². The van der Waals surface area contributed by atoms with Gasteiger partial charge >= 0.3 is 0 Å². The first-order valence-corrected chi connectivity index (χ1v) is 14.7. The highest BCUT2D eigenvalue weighted by molar-refractivity contribution is 6.11. The van der Waals surface area contributed by atoms with Crippen LogP contribution in [0.3, 0.4) is 0 Å². The average Bonchev–Trinajstić information content (AvgIpc) is 3.39. The summed E-state index contributed by atoms with van der Waals surface area (Å²) in [6, 6.07) is 43.9. The lowest BCUT2D eigenvalue weighted by Crippen LogP contribution is -1.97. The summed E-state index contributed by atoms with van der Waals surface area (Å²) in [6.07, 6.45) is 9.09. The smallest absolute Gasteiger partial charge is 0.135 e. The fourth-order valence-electron chi connectivity index (χ4n) is 6.79. The van der Waals surface area contributed by atoms with Crippen LogP contribution in [-0.4, -0.2) is 4.57 Å². The van der Waals surface area contributed by atoms with Gasteiger partial charge in [-0.15, -0.1) is 0 Å². The Kier molecular flexibility index (Phi) is 5.06. The number of hydrogen-bond donors (Lipinski definition) is 0. The van der Waals surface area contributed by atoms with Gasteiger partial charge in [-0.3, -0.25) is 0 Å². The van der Waals surface area contributed by atoms with Crippen molar-refractivity contribution in [3.8, 4) is 44.9 Å². The van der Waals surface area contributed by atoms with E-state index < -0.39 is 0 Å². The van der Waals surface area contributed by atoms with Gasteiger partial charge in [0.1, 0.15) is 11.5 Å². The summed E-state index contributed by atoms with van der Waals surface area (Å²) in [5, 5.41) is 4.97. The molecule has 0 saturated carbocycles. The van der Waals surface area contributed by atoms with Crippen LogP contribution >= 0.6 is 0 Å². The van der Waals surface area contributed by atoms with Gasteiger partial charge in [0.2, 0.25) is 0 Å². The number of para-hydroxylation sites is 1. The Balaban J connectivity index is 1.11. The Morgan fingerprint density at radius 1 is 0.524 bits per heavy atom. The van der Waals surface area contributed by atoms with Gasteiger partial charge in [0.25, 0.3) is 0 Å². The summed E-state index contributed by atoms with van der Waals surface area (Å²) in [5.74, 6) is 1.84. The van der Waals surface area contributed by atoms with Crippen molar-refractivity contribution in [1.82, 2.24) is 4.57 Å². The first-order chi connectivity index (χ1) is 20.8. The molecule has 0 bridgehead atoms. The molecule has 1 aromatic heterocycles. The lowest BCUT2D eigenvalue weighted by molar-refractivity contribution is 0.487. The normalized spacial score (nSPS) is 13.8. The van der Waals surface area contributed by atoms with Crippen molar-refractivity contribution in [2.75, 3.05) is 0 Å². The van der Waals surface area contributed by atoms with Crippen molar-refractivity contribution < 1.29 is 4.74 Å². The van der Waals surface area contributed by atoms with E-state index in [0.29, 0.717) is 0 Å². The predicted molar refractivity (Wildman–Crippen MR) is 176 cm³/mol. The molecular weight excluding hydrogens is 510 g/mol. The van der Waals surface area contributed by atoms with E-state index in [-0.39, 0.29) is 0 Å². The van der Waals surface area contributed by atoms with Crippen LogP contribution in [0.4, 0.5) is 0 Å². The largest absolute Gasteiger partial charge is 0.456 e. The Hall–Kier alpha value is -5.34. The molecule has 2 nitrogen and oxygen atoms in total. The van der Waals surface area contributed by atoms with Crippen molar-refractivity contribution in [3.05, 3.63) is 140 Å². The van der Waals surface area contributed by atoms with E-state index in [1.54, 1.807) is 0 Å². The van der Waals surface area contributed by atoms with Gasteiger partial charge < -0.3 is 9.30 Å². The van der Waals surface area contributed by atoms with Crippen LogP contribution in [0.2, 0.25) is 0 Å². The minimum Gasteiger partial charge on any atom is -0.456 e. The maximum atomic E-state index is 6.31. The zero-order valence-corrected chi connectivity index (χ0v) is 23.0. The van der Waals surface area contributed by atoms with Crippen molar-refractivity contribution in [3.63, 3.8) is 0 Å². The summed E-state index contributed by atoms with van der Waals surface area (Å²) >= 11 is 0. The highest BCUT2D eigenvalue weighted by atomic mass is 16.5. The number of allylic oxidation sites excluding steroid dienone is 4. The van der Waals surface area contributed by atoms with Gasteiger partial charge in [-0.05, 0) is 88.5 Å². The molecule has 0 fully saturated rings. The van der Waals surface area contributed by atoms with Gasteiger partial charge in [0.05, 0.1) is 11.0 Å². The van der Waals surface area contributed by atoms with E-state index in [1.165, 1.54) is 66.1 Å². The molecule has 0 amide bonds. The average molecular weight is 538 g/mol. The molecule has 1 aliphatic heterocycles. The molecule has 0 radical (unpaired) electrons. The quantitative estimate of drug-likeness (QED) is 0.219. The zero-order valence-electron chi connectivity index (χ0n) is 23.0. The second-order valence-electron chi connectivity index (χ2n) is 11.2. The van der Waals surface area contributed by atoms with Crippen LogP contribution in [0.5, 0.6) is 11.5 Å². The Labute approximate surface area is 244 Å². The molecule has 6 aromatic carbocycles. The minimum absolute atomic E-state index is 0.911. The van der Waals surface area contributed by atoms with Crippen LogP contribution < -0.4 is 4.74 Å². The summed E-state index contributed by atoms with van der Waals surface area (Å²) < 4.78 is 8.72. The van der Waals surface area contributed by atoms with Gasteiger partial charge in [-0.1, -0.05) is 97.1 Å². The van der Waals surface area contributed by atoms with Gasteiger partial charge in [0.15, 0.2) is 0 Å². The number of fused-ring (bicyclic) bond motifs is 5. The summed E-state index contributed by atoms with van der Waals surface area (Å²) in [4.78, 5) is 0. The topological polar surface area (TPSA) is 14.2 Å². The predicted octanol–water partition coefficient (Wildman–Crippen LogP) is 11.2. The Morgan fingerprint density at radius 3 is 2.10 bits per heavy atom. The molecule has 198 valence electrons. The first kappa shape index (κ1) is 23.4. The summed E-state index contributed by atoms with van der Waals surface area (Å²) in [7, 11) is 0. The van der Waals surface area contributed by atoms with E-state index in [9.17, 15) is 0 Å². The van der Waals surface area contributed by atoms with Gasteiger partial charge in [-0.2, -0.15) is 0 Å². The maximum absolute atomic E-state index is 6.31.